The average molecular weight is 354 g/mol. The van der Waals surface area contributed by atoms with Gasteiger partial charge in [-0.05, 0) is 11.5 Å². The van der Waals surface area contributed by atoms with Crippen LogP contribution in [-0.4, -0.2) is 30.6 Å². The highest BCUT2D eigenvalue weighted by Crippen LogP contribution is 2.30. The molecule has 0 amide bonds. The number of aromatic nitrogens is 3. The molecule has 0 bridgehead atoms. The van der Waals surface area contributed by atoms with E-state index in [9.17, 15) is 21.6 Å². The van der Waals surface area contributed by atoms with Crippen molar-refractivity contribution in [3.63, 3.8) is 0 Å². The Morgan fingerprint density at radius 3 is 2.45 bits per heavy atom. The van der Waals surface area contributed by atoms with Gasteiger partial charge in [-0.25, -0.2) is 9.55 Å². The van der Waals surface area contributed by atoms with Gasteiger partial charge < -0.3 is 0 Å². The molecule has 0 aromatic carbocycles. The van der Waals surface area contributed by atoms with E-state index in [1.165, 1.54) is 0 Å². The number of pyridine rings is 1. The summed E-state index contributed by atoms with van der Waals surface area (Å²) in [5.74, 6) is -1.37. The Morgan fingerprint density at radius 1 is 1.32 bits per heavy atom. The molecular formula is C11H11F3N3O3S2+. The Hall–Kier alpha value is -1.59. The lowest BCUT2D eigenvalue weighted by Crippen LogP contribution is -2.36. The van der Waals surface area contributed by atoms with E-state index in [1.807, 2.05) is 0 Å². The van der Waals surface area contributed by atoms with Crippen molar-refractivity contribution in [1.82, 2.24) is 9.36 Å². The molecule has 11 heteroatoms. The van der Waals surface area contributed by atoms with E-state index >= 15 is 0 Å². The molecule has 22 heavy (non-hydrogen) atoms. The van der Waals surface area contributed by atoms with Gasteiger partial charge in [-0.15, -0.1) is 0 Å². The molecule has 6 nitrogen and oxygen atoms in total. The molecule has 0 aliphatic rings. The Labute approximate surface area is 128 Å². The van der Waals surface area contributed by atoms with Crippen LogP contribution < -0.4 is 4.57 Å². The molecule has 0 aliphatic carbocycles. The summed E-state index contributed by atoms with van der Waals surface area (Å²) in [6.07, 6.45) is -1.47. The number of hydrogen-bond acceptors (Lipinski definition) is 6. The fourth-order valence-electron chi connectivity index (χ4n) is 1.51. The van der Waals surface area contributed by atoms with Crippen LogP contribution in [0.5, 0.6) is 0 Å². The highest BCUT2D eigenvalue weighted by Gasteiger charge is 2.36. The molecule has 2 rings (SSSR count). The first kappa shape index (κ1) is 16.8. The van der Waals surface area contributed by atoms with E-state index in [0.717, 1.165) is 7.11 Å². The highest BCUT2D eigenvalue weighted by atomic mass is 32.2. The monoisotopic (exact) mass is 354 g/mol. The second-order valence-corrected chi connectivity index (χ2v) is 6.78. The minimum Gasteiger partial charge on any atom is -0.273 e. The van der Waals surface area contributed by atoms with Crippen LogP contribution >= 0.6 is 11.5 Å². The smallest absolute Gasteiger partial charge is 0.273 e. The molecule has 2 aromatic heterocycles. The molecule has 2 heterocycles. The predicted molar refractivity (Wildman–Crippen MR) is 71.3 cm³/mol. The topological polar surface area (TPSA) is 73.0 Å². The Balaban J connectivity index is 2.10. The maximum absolute atomic E-state index is 12.4. The van der Waals surface area contributed by atoms with Gasteiger partial charge in [-0.1, -0.05) is 0 Å². The van der Waals surface area contributed by atoms with E-state index in [2.05, 4.69) is 13.5 Å². The molecule has 120 valence electrons. The Morgan fingerprint density at radius 2 is 1.95 bits per heavy atom. The molecule has 0 fully saturated rings. The minimum atomic E-state index is -4.57. The Bertz CT molecular complexity index is 742. The van der Waals surface area contributed by atoms with Gasteiger partial charge in [0.15, 0.2) is 18.9 Å². The van der Waals surface area contributed by atoms with Crippen molar-refractivity contribution < 1.29 is 30.3 Å². The van der Waals surface area contributed by atoms with Gasteiger partial charge in [0.2, 0.25) is 5.82 Å². The lowest BCUT2D eigenvalue weighted by atomic mass is 10.3. The van der Waals surface area contributed by atoms with Crippen molar-refractivity contribution >= 4 is 21.7 Å². The largest absolute Gasteiger partial charge is 0.452 e. The molecule has 0 atom stereocenters. The average Bonchev–Trinajstić information content (AvgIpc) is 2.96. The van der Waals surface area contributed by atoms with Crippen LogP contribution in [0.4, 0.5) is 13.2 Å². The van der Waals surface area contributed by atoms with Gasteiger partial charge in [-0.3, -0.25) is 4.18 Å². The molecular weight excluding hydrogens is 343 g/mol. The number of alkyl halides is 3. The van der Waals surface area contributed by atoms with Crippen LogP contribution in [0.1, 0.15) is 5.82 Å². The van der Waals surface area contributed by atoms with Gasteiger partial charge in [0.05, 0.1) is 7.11 Å². The van der Waals surface area contributed by atoms with E-state index in [-0.39, 0.29) is 17.3 Å². The number of aryl methyl sites for hydroxylation is 1. The fourth-order valence-corrected chi connectivity index (χ4v) is 2.79. The summed E-state index contributed by atoms with van der Waals surface area (Å²) in [5, 5.41) is 0.143. The molecule has 0 saturated carbocycles. The maximum Gasteiger partial charge on any atom is 0.452 e. The number of halogens is 3. The Kier molecular flexibility index (Phi) is 4.78. The standard InChI is InChI=1S/C11H11F3N3O3S2/c1-20-22(18,19)7-6-17-4-2-8(3-5-17)9-15-10(16-21-9)11(12,13)14/h2-5H,6-7H2,1H3/q+1. The molecule has 2 aromatic rings. The van der Waals surface area contributed by atoms with Crippen LogP contribution in [-0.2, 0) is 27.0 Å². The second kappa shape index (κ2) is 6.26. The molecule has 0 unspecified atom stereocenters. The summed E-state index contributed by atoms with van der Waals surface area (Å²) in [6.45, 7) is 0.167. The number of rotatable bonds is 5. The van der Waals surface area contributed by atoms with E-state index < -0.39 is 22.1 Å². The van der Waals surface area contributed by atoms with E-state index in [4.69, 9.17) is 0 Å². The van der Waals surface area contributed by atoms with Crippen LogP contribution in [0.15, 0.2) is 24.5 Å². The lowest BCUT2D eigenvalue weighted by Gasteiger charge is -2.00. The third kappa shape index (κ3) is 4.21. The summed E-state index contributed by atoms with van der Waals surface area (Å²) >= 11 is 0.650. The quantitative estimate of drug-likeness (QED) is 0.601. The zero-order valence-electron chi connectivity index (χ0n) is 11.2. The lowest BCUT2D eigenvalue weighted by molar-refractivity contribution is -0.692. The molecule has 0 saturated heterocycles. The second-order valence-electron chi connectivity index (χ2n) is 4.17. The third-order valence-electron chi connectivity index (χ3n) is 2.67. The summed E-state index contributed by atoms with van der Waals surface area (Å²) in [5.41, 5.74) is 0.471. The first-order valence-corrected chi connectivity index (χ1v) is 8.25. The van der Waals surface area contributed by atoms with E-state index in [1.54, 1.807) is 29.1 Å². The first-order chi connectivity index (χ1) is 10.2. The third-order valence-corrected chi connectivity index (χ3v) is 4.63. The van der Waals surface area contributed by atoms with Crippen LogP contribution in [0.3, 0.4) is 0 Å². The zero-order valence-corrected chi connectivity index (χ0v) is 12.9. The van der Waals surface area contributed by atoms with Crippen LogP contribution in [0, 0.1) is 0 Å². The van der Waals surface area contributed by atoms with Crippen molar-refractivity contribution in [3.8, 4) is 10.6 Å². The number of hydrogen-bond donors (Lipinski definition) is 0. The normalized spacial score (nSPS) is 12.5. The summed E-state index contributed by atoms with van der Waals surface area (Å²) < 4.78 is 68.9. The zero-order chi connectivity index (χ0) is 16.4. The van der Waals surface area contributed by atoms with Gasteiger partial charge >= 0.3 is 6.18 Å². The SMILES string of the molecule is COS(=O)(=O)CC[n+]1ccc(-c2nc(C(F)(F)F)ns2)cc1. The van der Waals surface area contributed by atoms with Crippen molar-refractivity contribution in [3.05, 3.63) is 30.4 Å². The first-order valence-electron chi connectivity index (χ1n) is 5.90. The molecule has 0 aliphatic heterocycles. The summed E-state index contributed by atoms with van der Waals surface area (Å²) in [7, 11) is -2.48. The number of nitrogens with zero attached hydrogens (tertiary/aromatic N) is 3. The van der Waals surface area contributed by atoms with Gasteiger partial charge in [0.25, 0.3) is 10.1 Å². The van der Waals surface area contributed by atoms with Crippen molar-refractivity contribution in [2.24, 2.45) is 0 Å². The predicted octanol–water partition coefficient (Wildman–Crippen LogP) is 1.49. The fraction of sp³-hybridized carbons (Fsp3) is 0.364. The van der Waals surface area contributed by atoms with Crippen LogP contribution in [0.2, 0.25) is 0 Å². The molecule has 0 radical (unpaired) electrons. The highest BCUT2D eigenvalue weighted by molar-refractivity contribution is 7.86. The van der Waals surface area contributed by atoms with Crippen LogP contribution in [0.25, 0.3) is 10.6 Å². The molecule has 0 spiro atoms. The van der Waals surface area contributed by atoms with Gasteiger partial charge in [-0.2, -0.15) is 26.0 Å². The van der Waals surface area contributed by atoms with E-state index in [0.29, 0.717) is 17.1 Å². The van der Waals surface area contributed by atoms with Crippen molar-refractivity contribution in [1.29, 1.82) is 0 Å². The van der Waals surface area contributed by atoms with Crippen molar-refractivity contribution in [2.75, 3.05) is 12.9 Å². The van der Waals surface area contributed by atoms with Gasteiger partial charge in [0, 0.05) is 17.7 Å². The van der Waals surface area contributed by atoms with Crippen molar-refractivity contribution in [2.45, 2.75) is 12.7 Å². The summed E-state index contributed by atoms with van der Waals surface area (Å²) in [6, 6.07) is 3.08. The maximum atomic E-state index is 12.4. The minimum absolute atomic E-state index is 0.143. The van der Waals surface area contributed by atoms with Gasteiger partial charge in [0.1, 0.15) is 10.8 Å². The molecule has 0 N–H and O–H groups in total. The summed E-state index contributed by atoms with van der Waals surface area (Å²) in [4.78, 5) is 3.44.